The fraction of sp³-hybridized carbons (Fsp3) is 0.727. The first kappa shape index (κ1) is 14.8. The number of carbonyl (C=O) groups excluding carboxylic acids is 2. The summed E-state index contributed by atoms with van der Waals surface area (Å²) in [5, 5.41) is 9.17. The molecule has 0 spiro atoms. The van der Waals surface area contributed by atoms with Gasteiger partial charge in [-0.2, -0.15) is 0 Å². The second-order valence-electron chi connectivity index (χ2n) is 4.45. The highest BCUT2D eigenvalue weighted by Crippen LogP contribution is 2.24. The maximum atomic E-state index is 11.9. The van der Waals surface area contributed by atoms with Crippen LogP contribution in [0.25, 0.3) is 0 Å². The predicted octanol–water partition coefficient (Wildman–Crippen LogP) is -0.0834. The Morgan fingerprint density at radius 3 is 2.61 bits per heavy atom. The first-order valence-electron chi connectivity index (χ1n) is 5.81. The van der Waals surface area contributed by atoms with Crippen LogP contribution < -0.4 is 5.73 Å². The van der Waals surface area contributed by atoms with Gasteiger partial charge in [0.25, 0.3) is 0 Å². The minimum Gasteiger partial charge on any atom is -0.480 e. The van der Waals surface area contributed by atoms with E-state index in [1.54, 1.807) is 0 Å². The molecule has 1 aliphatic heterocycles. The Morgan fingerprint density at radius 2 is 2.06 bits per heavy atom. The van der Waals surface area contributed by atoms with Crippen molar-refractivity contribution in [1.82, 2.24) is 4.90 Å². The number of rotatable bonds is 5. The number of likely N-dealkylation sites (tertiary alicyclic amines) is 1. The van der Waals surface area contributed by atoms with Crippen LogP contribution in [0, 0.1) is 5.92 Å². The smallest absolute Gasteiger partial charge is 0.326 e. The monoisotopic (exact) mass is 274 g/mol. The number of thioether (sulfide) groups is 1. The minimum atomic E-state index is -0.963. The number of carbonyl (C=O) groups is 3. The summed E-state index contributed by atoms with van der Waals surface area (Å²) in [4.78, 5) is 35.1. The van der Waals surface area contributed by atoms with E-state index in [0.29, 0.717) is 6.54 Å². The van der Waals surface area contributed by atoms with E-state index in [1.165, 1.54) is 4.90 Å². The van der Waals surface area contributed by atoms with Gasteiger partial charge in [0.05, 0.1) is 11.5 Å². The van der Waals surface area contributed by atoms with Crippen molar-refractivity contribution in [1.29, 1.82) is 0 Å². The number of carboxylic acid groups (broad SMARTS) is 1. The number of hydrogen-bond donors (Lipinski definition) is 2. The fourth-order valence-corrected chi connectivity index (χ4v) is 2.81. The predicted molar refractivity (Wildman–Crippen MR) is 68.1 cm³/mol. The molecule has 0 aromatic heterocycles. The molecule has 6 nitrogen and oxygen atoms in total. The Morgan fingerprint density at radius 1 is 1.39 bits per heavy atom. The van der Waals surface area contributed by atoms with E-state index in [-0.39, 0.29) is 23.3 Å². The number of nitrogens with zero attached hydrogens (tertiary/aromatic N) is 1. The summed E-state index contributed by atoms with van der Waals surface area (Å²) in [6.07, 6.45) is 1.63. The molecule has 0 saturated carbocycles. The van der Waals surface area contributed by atoms with Crippen molar-refractivity contribution in [3.05, 3.63) is 0 Å². The zero-order valence-electron chi connectivity index (χ0n) is 10.3. The Hall–Kier alpha value is -1.24. The zero-order valence-corrected chi connectivity index (χ0v) is 11.1. The Bertz CT molecular complexity index is 348. The molecule has 0 aromatic carbocycles. The lowest BCUT2D eigenvalue weighted by Gasteiger charge is -2.37. The summed E-state index contributed by atoms with van der Waals surface area (Å²) in [6.45, 7) is 2.31. The fourth-order valence-electron chi connectivity index (χ4n) is 2.17. The van der Waals surface area contributed by atoms with Crippen LogP contribution in [0.3, 0.4) is 0 Å². The van der Waals surface area contributed by atoms with Crippen molar-refractivity contribution in [3.63, 3.8) is 0 Å². The van der Waals surface area contributed by atoms with Crippen molar-refractivity contribution in [2.45, 2.75) is 25.8 Å². The molecule has 3 N–H and O–H groups in total. The summed E-state index contributed by atoms with van der Waals surface area (Å²) in [5.41, 5.74) is 4.98. The molecule has 2 unspecified atom stereocenters. The molecule has 2 atom stereocenters. The first-order valence-corrected chi connectivity index (χ1v) is 6.97. The number of hydrogen-bond acceptors (Lipinski definition) is 4. The molecular formula is C11H18N2O4S. The topological polar surface area (TPSA) is 101 Å². The lowest BCUT2D eigenvalue weighted by molar-refractivity contribution is -0.153. The molecule has 1 heterocycles. The van der Waals surface area contributed by atoms with Gasteiger partial charge >= 0.3 is 5.97 Å². The average molecular weight is 274 g/mol. The maximum Gasteiger partial charge on any atom is 0.326 e. The molecule has 7 heteroatoms. The van der Waals surface area contributed by atoms with Gasteiger partial charge in [-0.05, 0) is 18.8 Å². The van der Waals surface area contributed by atoms with Crippen molar-refractivity contribution in [2.24, 2.45) is 11.7 Å². The molecule has 1 saturated heterocycles. The van der Waals surface area contributed by atoms with Crippen LogP contribution in [0.5, 0.6) is 0 Å². The number of nitrogens with two attached hydrogens (primary N) is 1. The lowest BCUT2D eigenvalue weighted by atomic mass is 9.91. The SMILES string of the molecule is CC1CCCN(C(=O)CSCC(N)=O)C1C(=O)O. The molecule has 0 aromatic rings. The van der Waals surface area contributed by atoms with Gasteiger partial charge < -0.3 is 15.7 Å². The van der Waals surface area contributed by atoms with Crippen LogP contribution in [0.1, 0.15) is 19.8 Å². The first-order chi connectivity index (χ1) is 8.43. The van der Waals surface area contributed by atoms with Crippen LogP contribution >= 0.6 is 11.8 Å². The van der Waals surface area contributed by atoms with E-state index in [2.05, 4.69) is 0 Å². The zero-order chi connectivity index (χ0) is 13.7. The normalized spacial score (nSPS) is 23.7. The lowest BCUT2D eigenvalue weighted by Crippen LogP contribution is -2.52. The number of aliphatic carboxylic acids is 1. The summed E-state index contributed by atoms with van der Waals surface area (Å²) in [7, 11) is 0. The van der Waals surface area contributed by atoms with Crippen molar-refractivity contribution < 1.29 is 19.5 Å². The minimum absolute atomic E-state index is 0.0404. The summed E-state index contributed by atoms with van der Waals surface area (Å²) >= 11 is 1.12. The molecule has 1 aliphatic rings. The molecule has 0 aliphatic carbocycles. The van der Waals surface area contributed by atoms with Crippen LogP contribution in [0.4, 0.5) is 0 Å². The summed E-state index contributed by atoms with van der Waals surface area (Å²) in [6, 6.07) is -0.750. The van der Waals surface area contributed by atoms with Crippen LogP contribution in [0.15, 0.2) is 0 Å². The second-order valence-corrected chi connectivity index (χ2v) is 5.43. The average Bonchev–Trinajstić information content (AvgIpc) is 2.27. The standard InChI is InChI=1S/C11H18N2O4S/c1-7-3-2-4-13(10(7)11(16)17)9(15)6-18-5-8(12)14/h7,10H,2-6H2,1H3,(H2,12,14)(H,16,17). The third kappa shape index (κ3) is 3.90. The van der Waals surface area contributed by atoms with Gasteiger partial charge in [0.15, 0.2) is 0 Å². The van der Waals surface area contributed by atoms with Crippen molar-refractivity contribution >= 4 is 29.5 Å². The van der Waals surface area contributed by atoms with E-state index in [1.807, 2.05) is 6.92 Å². The van der Waals surface area contributed by atoms with Gasteiger partial charge in [-0.15, -0.1) is 11.8 Å². The Kier molecular flexibility index (Phi) is 5.46. The van der Waals surface area contributed by atoms with Gasteiger partial charge in [0, 0.05) is 6.54 Å². The Balaban J connectivity index is 2.58. The third-order valence-electron chi connectivity index (χ3n) is 2.98. The van der Waals surface area contributed by atoms with E-state index in [9.17, 15) is 14.4 Å². The van der Waals surface area contributed by atoms with Gasteiger partial charge in [0.1, 0.15) is 6.04 Å². The highest BCUT2D eigenvalue weighted by atomic mass is 32.2. The van der Waals surface area contributed by atoms with Gasteiger partial charge in [-0.25, -0.2) is 4.79 Å². The van der Waals surface area contributed by atoms with Crippen molar-refractivity contribution in [3.8, 4) is 0 Å². The van der Waals surface area contributed by atoms with Crippen LogP contribution in [-0.4, -0.2) is 51.9 Å². The molecule has 1 fully saturated rings. The summed E-state index contributed by atoms with van der Waals surface area (Å²) in [5.74, 6) is -1.54. The highest BCUT2D eigenvalue weighted by molar-refractivity contribution is 8.00. The number of carboxylic acids is 1. The molecule has 18 heavy (non-hydrogen) atoms. The highest BCUT2D eigenvalue weighted by Gasteiger charge is 2.36. The number of piperidine rings is 1. The summed E-state index contributed by atoms with van der Waals surface area (Å²) < 4.78 is 0. The van der Waals surface area contributed by atoms with E-state index in [0.717, 1.165) is 24.6 Å². The van der Waals surface area contributed by atoms with Gasteiger partial charge in [-0.1, -0.05) is 6.92 Å². The van der Waals surface area contributed by atoms with Crippen LogP contribution in [-0.2, 0) is 14.4 Å². The van der Waals surface area contributed by atoms with Crippen LogP contribution in [0.2, 0.25) is 0 Å². The van der Waals surface area contributed by atoms with Gasteiger partial charge in [0.2, 0.25) is 11.8 Å². The molecule has 0 radical (unpaired) electrons. The van der Waals surface area contributed by atoms with E-state index < -0.39 is 17.9 Å². The Labute approximate surface area is 110 Å². The molecule has 1 rings (SSSR count). The maximum absolute atomic E-state index is 11.9. The number of primary amides is 1. The number of amides is 2. The molecule has 102 valence electrons. The largest absolute Gasteiger partial charge is 0.480 e. The van der Waals surface area contributed by atoms with E-state index in [4.69, 9.17) is 10.8 Å². The van der Waals surface area contributed by atoms with Crippen molar-refractivity contribution in [2.75, 3.05) is 18.1 Å². The van der Waals surface area contributed by atoms with Gasteiger partial charge in [-0.3, -0.25) is 9.59 Å². The third-order valence-corrected chi connectivity index (χ3v) is 3.92. The quantitative estimate of drug-likeness (QED) is 0.730. The molecular weight excluding hydrogens is 256 g/mol. The van der Waals surface area contributed by atoms with E-state index >= 15 is 0 Å². The molecule has 2 amide bonds. The molecule has 0 bridgehead atoms. The second kappa shape index (κ2) is 6.63.